The molecular weight excluding hydrogens is 687 g/mol. The van der Waals surface area contributed by atoms with E-state index in [1.54, 1.807) is 49.3 Å². The van der Waals surface area contributed by atoms with Gasteiger partial charge in [-0.05, 0) is 0 Å². The van der Waals surface area contributed by atoms with E-state index in [0.717, 1.165) is 0 Å². The predicted octanol–water partition coefficient (Wildman–Crippen LogP) is 4.83. The molecule has 0 saturated carbocycles. The van der Waals surface area contributed by atoms with Gasteiger partial charge in [-0.25, -0.2) is 0 Å². The number of allylic oxidation sites excluding steroid dienone is 4. The van der Waals surface area contributed by atoms with Gasteiger partial charge in [0.25, 0.3) is 0 Å². The average molecular weight is 747 g/mol. The fraction of sp³-hybridized carbons (Fsp3) is 0.564. The summed E-state index contributed by atoms with van der Waals surface area (Å²) >= 11 is -2.29. The van der Waals surface area contributed by atoms with E-state index in [0.29, 0.717) is 3.63 Å². The zero-order valence-electron chi connectivity index (χ0n) is 29.9. The van der Waals surface area contributed by atoms with Crippen LogP contribution < -0.4 is 35.2 Å². The fourth-order valence-electron chi connectivity index (χ4n) is 7.77. The minimum Gasteiger partial charge on any atom is -1.00 e. The number of aryl methyl sites for hydroxylation is 1. The molecule has 0 aromatic heterocycles. The van der Waals surface area contributed by atoms with E-state index in [1.165, 1.54) is 64.2 Å². The maximum absolute atomic E-state index is 2.74. The molecular formula is C39H60Cl2Si2Zr. The Hall–Kier alpha value is -0.313. The number of fused-ring (bicyclic) bond motifs is 3. The largest absolute Gasteiger partial charge is 1.00 e. The minimum atomic E-state index is -2.29. The molecule has 2 aliphatic carbocycles. The number of halogens is 2. The van der Waals surface area contributed by atoms with E-state index in [1.807, 2.05) is 6.49 Å². The van der Waals surface area contributed by atoms with Crippen molar-refractivity contribution in [2.45, 2.75) is 142 Å². The van der Waals surface area contributed by atoms with Crippen LogP contribution in [0.4, 0.5) is 0 Å². The number of rotatable bonds is 13. The van der Waals surface area contributed by atoms with Crippen LogP contribution in [0, 0.1) is 13.8 Å². The van der Waals surface area contributed by atoms with E-state index in [4.69, 9.17) is 0 Å². The monoisotopic (exact) mass is 744 g/mol. The Bertz CT molecular complexity index is 1390. The maximum atomic E-state index is 2.74. The van der Waals surface area contributed by atoms with Crippen LogP contribution in [0.2, 0.25) is 39.3 Å². The first kappa shape index (κ1) is 39.9. The van der Waals surface area contributed by atoms with Crippen LogP contribution in [0.3, 0.4) is 0 Å². The summed E-state index contributed by atoms with van der Waals surface area (Å²) < 4.78 is 4.53. The van der Waals surface area contributed by atoms with E-state index < -0.39 is 37.4 Å². The molecule has 5 heteroatoms. The third-order valence-corrected chi connectivity index (χ3v) is 22.8. The summed E-state index contributed by atoms with van der Waals surface area (Å²) in [6.07, 6.45) is 20.5. The van der Waals surface area contributed by atoms with Crippen LogP contribution >= 0.6 is 0 Å². The molecule has 0 bridgehead atoms. The molecule has 0 N–H and O–H groups in total. The van der Waals surface area contributed by atoms with E-state index in [-0.39, 0.29) is 24.8 Å². The Balaban J connectivity index is 0.00000337. The van der Waals surface area contributed by atoms with Crippen LogP contribution in [0.15, 0.2) is 39.7 Å². The van der Waals surface area contributed by atoms with Gasteiger partial charge in [-0.2, -0.15) is 0 Å². The second-order valence-electron chi connectivity index (χ2n) is 15.3. The zero-order valence-corrected chi connectivity index (χ0v) is 35.8. The molecule has 0 nitrogen and oxygen atoms in total. The Morgan fingerprint density at radius 1 is 0.773 bits per heavy atom. The second kappa shape index (κ2) is 16.7. The first-order valence-electron chi connectivity index (χ1n) is 17.2. The quantitative estimate of drug-likeness (QED) is 0.258. The summed E-state index contributed by atoms with van der Waals surface area (Å²) in [5, 5.41) is 3.38. The molecule has 1 unspecified atom stereocenters. The van der Waals surface area contributed by atoms with Gasteiger partial charge in [0.1, 0.15) is 0 Å². The van der Waals surface area contributed by atoms with Crippen LogP contribution in [0.1, 0.15) is 110 Å². The summed E-state index contributed by atoms with van der Waals surface area (Å²) in [5.41, 5.74) is 11.8. The van der Waals surface area contributed by atoms with Crippen molar-refractivity contribution in [3.05, 3.63) is 67.5 Å². The van der Waals surface area contributed by atoms with Gasteiger partial charge in [-0.1, -0.05) is 0 Å². The Morgan fingerprint density at radius 2 is 1.34 bits per heavy atom. The van der Waals surface area contributed by atoms with Gasteiger partial charge in [0.2, 0.25) is 0 Å². The van der Waals surface area contributed by atoms with E-state index >= 15 is 0 Å². The summed E-state index contributed by atoms with van der Waals surface area (Å²) in [7, 11) is -2.98. The molecule has 0 spiro atoms. The van der Waals surface area contributed by atoms with Crippen LogP contribution in [0.25, 0.3) is 11.1 Å². The molecule has 2 aromatic carbocycles. The van der Waals surface area contributed by atoms with Gasteiger partial charge in [0.15, 0.2) is 0 Å². The van der Waals surface area contributed by atoms with Crippen molar-refractivity contribution in [3.63, 3.8) is 0 Å². The number of benzene rings is 2. The molecule has 0 aliphatic heterocycles. The van der Waals surface area contributed by atoms with Crippen molar-refractivity contribution in [1.82, 2.24) is 0 Å². The summed E-state index contributed by atoms with van der Waals surface area (Å²) in [6, 6.07) is 8.19. The normalized spacial score (nSPS) is 15.1. The molecule has 0 amide bonds. The standard InChI is InChI=1S/C25H37Si2.C9H18.C5H5.2ClH.Zr/c1-10-11-12-20-18(3)25(27(7,8)9)16-23-21-15-24(26(4,5)6)17(2)13-19(21)14-22(20)23;1-3-5-7-9-8-6-4-2;1-2-4-5-3-1;;;/h13-16H,10-12H2,1-9H3;3-8H2,1-2H3;1-3H,4H2;2*1H;/q;;;;;+2/p-2. The first-order valence-corrected chi connectivity index (χ1v) is 28.1. The third kappa shape index (κ3) is 8.39. The molecule has 0 saturated heterocycles. The molecule has 242 valence electrons. The van der Waals surface area contributed by atoms with Crippen LogP contribution in [0.5, 0.6) is 0 Å². The minimum absolute atomic E-state index is 0. The van der Waals surface area contributed by atoms with Gasteiger partial charge < -0.3 is 24.8 Å². The molecule has 4 rings (SSSR count). The molecule has 2 aromatic rings. The summed E-state index contributed by atoms with van der Waals surface area (Å²) in [4.78, 5) is 0. The van der Waals surface area contributed by atoms with Crippen molar-refractivity contribution in [2.24, 2.45) is 0 Å². The van der Waals surface area contributed by atoms with Crippen molar-refractivity contribution < 1.29 is 46.1 Å². The number of unbranched alkanes of at least 4 members (excludes halogenated alkanes) is 3. The summed E-state index contributed by atoms with van der Waals surface area (Å²) in [6.45, 7) is 27.4. The van der Waals surface area contributed by atoms with E-state index in [9.17, 15) is 0 Å². The van der Waals surface area contributed by atoms with Gasteiger partial charge in [0.05, 0.1) is 0 Å². The van der Waals surface area contributed by atoms with Gasteiger partial charge in [0, 0.05) is 0 Å². The second-order valence-corrected chi connectivity index (χ2v) is 32.2. The number of hydrogen-bond donors (Lipinski definition) is 0. The Kier molecular flexibility index (Phi) is 15.1. The zero-order chi connectivity index (χ0) is 30.8. The van der Waals surface area contributed by atoms with E-state index in [2.05, 4.69) is 110 Å². The topological polar surface area (TPSA) is 0 Å². The van der Waals surface area contributed by atoms with Crippen molar-refractivity contribution in [3.8, 4) is 11.1 Å². The average Bonchev–Trinajstić information content (AvgIpc) is 3.54. The van der Waals surface area contributed by atoms with Crippen molar-refractivity contribution >= 4 is 29.7 Å². The molecule has 0 fully saturated rings. The molecule has 2 aliphatic rings. The van der Waals surface area contributed by atoms with Gasteiger partial charge >= 0.3 is 271 Å². The fourth-order valence-corrected chi connectivity index (χ4v) is 21.1. The Labute approximate surface area is 294 Å². The number of hydrogen-bond acceptors (Lipinski definition) is 0. The SMILES string of the molecule is CCCC[C](CCCC)=[Zr+2]([C]1=CC=CC1)[CH]1c2cc(C)c([Si](C)(C)C)cc2-c2cc([Si](C)(C)C)c(C)c(CCCC)c21.[Cl-].[Cl-]. The third-order valence-electron chi connectivity index (χ3n) is 9.89. The van der Waals surface area contributed by atoms with Crippen LogP contribution in [-0.2, 0) is 27.7 Å². The van der Waals surface area contributed by atoms with Crippen molar-refractivity contribution in [2.75, 3.05) is 0 Å². The van der Waals surface area contributed by atoms with Gasteiger partial charge in [-0.15, -0.1) is 0 Å². The predicted molar refractivity (Wildman–Crippen MR) is 194 cm³/mol. The molecule has 0 radical (unpaired) electrons. The molecule has 1 atom stereocenters. The maximum Gasteiger partial charge on any atom is -1.00 e. The molecule has 0 heterocycles. The Morgan fingerprint density at radius 3 is 1.84 bits per heavy atom. The smallest absolute Gasteiger partial charge is 1.00 e. The summed E-state index contributed by atoms with van der Waals surface area (Å²) in [5.74, 6) is 0. The van der Waals surface area contributed by atoms with Crippen LogP contribution in [-0.4, -0.2) is 19.4 Å². The first-order chi connectivity index (χ1) is 19.8. The molecule has 44 heavy (non-hydrogen) atoms. The van der Waals surface area contributed by atoms with Gasteiger partial charge in [-0.3, -0.25) is 0 Å². The van der Waals surface area contributed by atoms with Crippen molar-refractivity contribution in [1.29, 1.82) is 0 Å².